The third-order valence-electron chi connectivity index (χ3n) is 3.41. The second kappa shape index (κ2) is 6.67. The maximum Gasteiger partial charge on any atom is 0.270 e. The minimum atomic E-state index is -0.408. The van der Waals surface area contributed by atoms with Crippen molar-refractivity contribution in [2.75, 3.05) is 38.7 Å². The molecule has 0 bridgehead atoms. The van der Waals surface area contributed by atoms with Gasteiger partial charge in [0.2, 0.25) is 0 Å². The van der Waals surface area contributed by atoms with E-state index in [1.807, 2.05) is 19.1 Å². The van der Waals surface area contributed by atoms with Crippen LogP contribution >= 0.6 is 0 Å². The first kappa shape index (κ1) is 14.7. The molecule has 1 atom stereocenters. The Morgan fingerprint density at radius 1 is 1.55 bits per heavy atom. The van der Waals surface area contributed by atoms with Crippen molar-refractivity contribution in [1.82, 2.24) is 10.3 Å². The van der Waals surface area contributed by atoms with Crippen LogP contribution in [0.5, 0.6) is 0 Å². The molecule has 2 heterocycles. The molecule has 20 heavy (non-hydrogen) atoms. The first-order valence-corrected chi connectivity index (χ1v) is 6.81. The van der Waals surface area contributed by atoms with E-state index >= 15 is 0 Å². The summed E-state index contributed by atoms with van der Waals surface area (Å²) in [6.45, 7) is 4.35. The van der Waals surface area contributed by atoms with Gasteiger partial charge in [0.15, 0.2) is 0 Å². The molecule has 110 valence electrons. The first-order valence-electron chi connectivity index (χ1n) is 6.81. The molecule has 1 fully saturated rings. The van der Waals surface area contributed by atoms with Crippen LogP contribution in [0.1, 0.15) is 23.8 Å². The second-order valence-electron chi connectivity index (χ2n) is 4.81. The summed E-state index contributed by atoms with van der Waals surface area (Å²) < 4.78 is 10.8. The number of aromatic nitrogens is 1. The lowest BCUT2D eigenvalue weighted by atomic mass is 10.0. The summed E-state index contributed by atoms with van der Waals surface area (Å²) in [7, 11) is 1.64. The van der Waals surface area contributed by atoms with E-state index in [2.05, 4.69) is 15.6 Å². The summed E-state index contributed by atoms with van der Waals surface area (Å²) in [6.07, 6.45) is 0.786. The van der Waals surface area contributed by atoms with E-state index < -0.39 is 5.60 Å². The van der Waals surface area contributed by atoms with Crippen molar-refractivity contribution in [3.63, 3.8) is 0 Å². The van der Waals surface area contributed by atoms with E-state index in [-0.39, 0.29) is 5.91 Å². The Bertz CT molecular complexity index is 459. The molecule has 6 heteroatoms. The van der Waals surface area contributed by atoms with Gasteiger partial charge in [0.1, 0.15) is 17.1 Å². The third-order valence-corrected chi connectivity index (χ3v) is 3.41. The van der Waals surface area contributed by atoms with Crippen LogP contribution in [0.25, 0.3) is 0 Å². The minimum absolute atomic E-state index is 0.201. The molecule has 1 saturated heterocycles. The molecule has 2 rings (SSSR count). The second-order valence-corrected chi connectivity index (χ2v) is 4.81. The van der Waals surface area contributed by atoms with Gasteiger partial charge in [-0.05, 0) is 19.1 Å². The molecule has 1 aliphatic heterocycles. The number of nitrogens with zero attached hydrogens (tertiary/aromatic N) is 1. The van der Waals surface area contributed by atoms with Crippen molar-refractivity contribution < 1.29 is 14.3 Å². The SMILES string of the molecule is CCNc1cccc(C(=O)NCC2(OC)CCOC2)n1. The quantitative estimate of drug-likeness (QED) is 0.814. The number of anilines is 1. The largest absolute Gasteiger partial charge is 0.378 e. The Hall–Kier alpha value is -1.66. The van der Waals surface area contributed by atoms with Crippen LogP contribution in [0.15, 0.2) is 18.2 Å². The molecule has 0 aliphatic carbocycles. The van der Waals surface area contributed by atoms with Crippen LogP contribution in [0, 0.1) is 0 Å². The van der Waals surface area contributed by atoms with Crippen molar-refractivity contribution in [1.29, 1.82) is 0 Å². The fourth-order valence-corrected chi connectivity index (χ4v) is 2.13. The van der Waals surface area contributed by atoms with Gasteiger partial charge >= 0.3 is 0 Å². The Kier molecular flexibility index (Phi) is 4.92. The highest BCUT2D eigenvalue weighted by Gasteiger charge is 2.35. The highest BCUT2D eigenvalue weighted by atomic mass is 16.5. The number of pyridine rings is 1. The Labute approximate surface area is 118 Å². The number of amides is 1. The predicted octanol–water partition coefficient (Wildman–Crippen LogP) is 1.05. The topological polar surface area (TPSA) is 72.5 Å². The summed E-state index contributed by atoms with van der Waals surface area (Å²) in [5, 5.41) is 5.95. The molecule has 2 N–H and O–H groups in total. The van der Waals surface area contributed by atoms with E-state index in [0.29, 0.717) is 31.3 Å². The fourth-order valence-electron chi connectivity index (χ4n) is 2.13. The summed E-state index contributed by atoms with van der Waals surface area (Å²) in [6, 6.07) is 5.34. The average Bonchev–Trinajstić information content (AvgIpc) is 2.95. The predicted molar refractivity (Wildman–Crippen MR) is 75.9 cm³/mol. The van der Waals surface area contributed by atoms with Gasteiger partial charge in [-0.25, -0.2) is 4.98 Å². The van der Waals surface area contributed by atoms with Crippen LogP contribution in [-0.2, 0) is 9.47 Å². The molecule has 0 spiro atoms. The molecule has 1 amide bonds. The minimum Gasteiger partial charge on any atom is -0.378 e. The molecular formula is C14H21N3O3. The average molecular weight is 279 g/mol. The van der Waals surface area contributed by atoms with Gasteiger partial charge in [-0.3, -0.25) is 4.79 Å². The van der Waals surface area contributed by atoms with Gasteiger partial charge in [0.25, 0.3) is 5.91 Å². The summed E-state index contributed by atoms with van der Waals surface area (Å²) in [5.41, 5.74) is -0.0109. The van der Waals surface area contributed by atoms with Crippen LogP contribution < -0.4 is 10.6 Å². The fraction of sp³-hybridized carbons (Fsp3) is 0.571. The van der Waals surface area contributed by atoms with Gasteiger partial charge in [-0.1, -0.05) is 6.07 Å². The zero-order chi connectivity index (χ0) is 14.4. The Morgan fingerprint density at radius 3 is 3.05 bits per heavy atom. The Balaban J connectivity index is 1.96. The van der Waals surface area contributed by atoms with Crippen LogP contribution in [0.2, 0.25) is 0 Å². The van der Waals surface area contributed by atoms with Crippen LogP contribution in [0.4, 0.5) is 5.82 Å². The lowest BCUT2D eigenvalue weighted by molar-refractivity contribution is -0.0149. The molecule has 0 saturated carbocycles. The van der Waals surface area contributed by atoms with Gasteiger partial charge in [-0.2, -0.15) is 0 Å². The zero-order valence-electron chi connectivity index (χ0n) is 11.9. The molecule has 1 aromatic heterocycles. The van der Waals surface area contributed by atoms with Gasteiger partial charge < -0.3 is 20.1 Å². The highest BCUT2D eigenvalue weighted by Crippen LogP contribution is 2.21. The zero-order valence-corrected chi connectivity index (χ0v) is 11.9. The van der Waals surface area contributed by atoms with E-state index in [0.717, 1.165) is 13.0 Å². The van der Waals surface area contributed by atoms with E-state index in [1.165, 1.54) is 0 Å². The van der Waals surface area contributed by atoms with Gasteiger partial charge in [0, 0.05) is 33.2 Å². The monoisotopic (exact) mass is 279 g/mol. The number of carbonyl (C=O) groups excluding carboxylic acids is 1. The van der Waals surface area contributed by atoms with Crippen molar-refractivity contribution in [2.45, 2.75) is 18.9 Å². The number of hydrogen-bond donors (Lipinski definition) is 2. The number of methoxy groups -OCH3 is 1. The summed E-state index contributed by atoms with van der Waals surface area (Å²) in [4.78, 5) is 16.4. The Morgan fingerprint density at radius 2 is 2.40 bits per heavy atom. The molecule has 0 aromatic carbocycles. The maximum atomic E-state index is 12.1. The maximum absolute atomic E-state index is 12.1. The number of hydrogen-bond acceptors (Lipinski definition) is 5. The first-order chi connectivity index (χ1) is 9.69. The van der Waals surface area contributed by atoms with Crippen molar-refractivity contribution in [3.8, 4) is 0 Å². The smallest absolute Gasteiger partial charge is 0.270 e. The molecule has 1 aliphatic rings. The van der Waals surface area contributed by atoms with Gasteiger partial charge in [0.05, 0.1) is 6.61 Å². The van der Waals surface area contributed by atoms with E-state index in [1.54, 1.807) is 13.2 Å². The molecular weight excluding hydrogens is 258 g/mol. The molecule has 6 nitrogen and oxygen atoms in total. The van der Waals surface area contributed by atoms with Crippen LogP contribution in [-0.4, -0.2) is 49.9 Å². The number of ether oxygens (including phenoxy) is 2. The van der Waals surface area contributed by atoms with Crippen molar-refractivity contribution in [3.05, 3.63) is 23.9 Å². The summed E-state index contributed by atoms with van der Waals surface area (Å²) in [5.74, 6) is 0.499. The molecule has 1 aromatic rings. The molecule has 1 unspecified atom stereocenters. The van der Waals surface area contributed by atoms with Gasteiger partial charge in [-0.15, -0.1) is 0 Å². The van der Waals surface area contributed by atoms with E-state index in [9.17, 15) is 4.79 Å². The summed E-state index contributed by atoms with van der Waals surface area (Å²) >= 11 is 0. The standard InChI is InChI=1S/C14H21N3O3/c1-3-15-12-6-4-5-11(17-12)13(18)16-9-14(19-2)7-8-20-10-14/h4-6H,3,7-10H2,1-2H3,(H,15,17)(H,16,18). The van der Waals surface area contributed by atoms with Crippen molar-refractivity contribution >= 4 is 11.7 Å². The highest BCUT2D eigenvalue weighted by molar-refractivity contribution is 5.92. The third kappa shape index (κ3) is 3.46. The lowest BCUT2D eigenvalue weighted by Crippen LogP contribution is -2.45. The van der Waals surface area contributed by atoms with E-state index in [4.69, 9.17) is 9.47 Å². The van der Waals surface area contributed by atoms with Crippen LogP contribution in [0.3, 0.4) is 0 Å². The lowest BCUT2D eigenvalue weighted by Gasteiger charge is -2.25. The molecule has 0 radical (unpaired) electrons. The number of rotatable bonds is 6. The normalized spacial score (nSPS) is 21.7. The van der Waals surface area contributed by atoms with Crippen molar-refractivity contribution in [2.24, 2.45) is 0 Å². The number of carbonyl (C=O) groups is 1. The number of nitrogens with one attached hydrogen (secondary N) is 2.